The first kappa shape index (κ1) is 13.7. The molecule has 0 aliphatic carbocycles. The molecule has 1 atom stereocenters. The minimum absolute atomic E-state index is 0.0477. The maximum Gasteiger partial charge on any atom is 0.303 e. The summed E-state index contributed by atoms with van der Waals surface area (Å²) in [5.74, 6) is -0.0269. The normalized spacial score (nSPS) is 12.6. The number of fused-ring (bicyclic) bond motifs is 1. The SMILES string of the molecule is CC(CC(=O)O)Cc1nn2c(-c3ccccc3)nnc2s1. The lowest BCUT2D eigenvalue weighted by atomic mass is 10.1. The van der Waals surface area contributed by atoms with Gasteiger partial charge in [-0.15, -0.1) is 10.2 Å². The predicted molar refractivity (Wildman–Crippen MR) is 79.2 cm³/mol. The molecule has 7 heteroatoms. The van der Waals surface area contributed by atoms with Gasteiger partial charge in [-0.05, 0) is 5.92 Å². The number of benzene rings is 1. The molecule has 6 nitrogen and oxygen atoms in total. The third kappa shape index (κ3) is 2.92. The van der Waals surface area contributed by atoms with Crippen LogP contribution in [-0.4, -0.2) is 30.9 Å². The molecule has 2 heterocycles. The summed E-state index contributed by atoms with van der Waals surface area (Å²) in [6.45, 7) is 1.91. The highest BCUT2D eigenvalue weighted by Gasteiger charge is 2.16. The van der Waals surface area contributed by atoms with E-state index in [1.165, 1.54) is 11.3 Å². The van der Waals surface area contributed by atoms with E-state index in [0.717, 1.165) is 15.5 Å². The quantitative estimate of drug-likeness (QED) is 0.783. The predicted octanol–water partition coefficient (Wildman–Crippen LogP) is 2.51. The van der Waals surface area contributed by atoms with Gasteiger partial charge in [0.2, 0.25) is 4.96 Å². The van der Waals surface area contributed by atoms with Crippen molar-refractivity contribution in [1.82, 2.24) is 19.8 Å². The Bertz CT molecular complexity index is 766. The summed E-state index contributed by atoms with van der Waals surface area (Å²) in [4.78, 5) is 11.4. The summed E-state index contributed by atoms with van der Waals surface area (Å²) in [5.41, 5.74) is 0.959. The topological polar surface area (TPSA) is 80.4 Å². The minimum Gasteiger partial charge on any atom is -0.481 e. The fraction of sp³-hybridized carbons (Fsp3) is 0.286. The number of rotatable bonds is 5. The molecule has 3 rings (SSSR count). The van der Waals surface area contributed by atoms with E-state index in [1.807, 2.05) is 37.3 Å². The van der Waals surface area contributed by atoms with Gasteiger partial charge in [-0.2, -0.15) is 9.61 Å². The number of carbonyl (C=O) groups is 1. The van der Waals surface area contributed by atoms with E-state index < -0.39 is 5.97 Å². The van der Waals surface area contributed by atoms with Crippen molar-refractivity contribution >= 4 is 22.3 Å². The first-order valence-electron chi connectivity index (χ1n) is 6.62. The Labute approximate surface area is 125 Å². The van der Waals surface area contributed by atoms with Crippen molar-refractivity contribution < 1.29 is 9.90 Å². The Morgan fingerprint density at radius 2 is 2.10 bits per heavy atom. The van der Waals surface area contributed by atoms with E-state index in [-0.39, 0.29) is 12.3 Å². The zero-order chi connectivity index (χ0) is 14.8. The van der Waals surface area contributed by atoms with Crippen LogP contribution < -0.4 is 0 Å². The van der Waals surface area contributed by atoms with Gasteiger partial charge < -0.3 is 5.11 Å². The molecule has 21 heavy (non-hydrogen) atoms. The Kier molecular flexibility index (Phi) is 3.66. The highest BCUT2D eigenvalue weighted by molar-refractivity contribution is 7.16. The average Bonchev–Trinajstić information content (AvgIpc) is 2.98. The standard InChI is InChI=1S/C14H14N4O2S/c1-9(8-12(19)20)7-11-17-18-13(15-16-14(18)21-11)10-5-3-2-4-6-10/h2-6,9H,7-8H2,1H3,(H,19,20). The zero-order valence-corrected chi connectivity index (χ0v) is 12.2. The number of hydrogen-bond acceptors (Lipinski definition) is 5. The molecule has 0 amide bonds. The lowest BCUT2D eigenvalue weighted by Crippen LogP contribution is -2.07. The van der Waals surface area contributed by atoms with Gasteiger partial charge in [0, 0.05) is 18.4 Å². The van der Waals surface area contributed by atoms with Gasteiger partial charge in [-0.25, -0.2) is 0 Å². The van der Waals surface area contributed by atoms with Gasteiger partial charge in [0.05, 0.1) is 0 Å². The molecular weight excluding hydrogens is 288 g/mol. The third-order valence-corrected chi connectivity index (χ3v) is 4.03. The van der Waals surface area contributed by atoms with Crippen LogP contribution in [0.5, 0.6) is 0 Å². The van der Waals surface area contributed by atoms with Crippen LogP contribution in [0.25, 0.3) is 16.3 Å². The van der Waals surface area contributed by atoms with Crippen molar-refractivity contribution in [3.8, 4) is 11.4 Å². The fourth-order valence-electron chi connectivity index (χ4n) is 2.17. The summed E-state index contributed by atoms with van der Waals surface area (Å²) in [7, 11) is 0. The van der Waals surface area contributed by atoms with Crippen LogP contribution >= 0.6 is 11.3 Å². The number of carboxylic acids is 1. The van der Waals surface area contributed by atoms with Crippen molar-refractivity contribution in [3.63, 3.8) is 0 Å². The highest BCUT2D eigenvalue weighted by Crippen LogP contribution is 2.23. The molecule has 1 aromatic carbocycles. The Balaban J connectivity index is 1.88. The van der Waals surface area contributed by atoms with Crippen LogP contribution in [0, 0.1) is 5.92 Å². The Morgan fingerprint density at radius 3 is 2.81 bits per heavy atom. The molecular formula is C14H14N4O2S. The maximum absolute atomic E-state index is 10.7. The molecule has 0 aliphatic heterocycles. The molecule has 2 aromatic heterocycles. The van der Waals surface area contributed by atoms with Gasteiger partial charge in [-0.3, -0.25) is 4.79 Å². The van der Waals surface area contributed by atoms with Crippen LogP contribution in [0.15, 0.2) is 30.3 Å². The van der Waals surface area contributed by atoms with Crippen LogP contribution in [-0.2, 0) is 11.2 Å². The van der Waals surface area contributed by atoms with Crippen molar-refractivity contribution in [3.05, 3.63) is 35.3 Å². The molecule has 3 aromatic rings. The summed E-state index contributed by atoms with van der Waals surface area (Å²) in [5, 5.41) is 22.5. The second-order valence-corrected chi connectivity index (χ2v) is 6.03. The van der Waals surface area contributed by atoms with Crippen LogP contribution in [0.1, 0.15) is 18.4 Å². The second kappa shape index (κ2) is 5.61. The van der Waals surface area contributed by atoms with Crippen LogP contribution in [0.4, 0.5) is 0 Å². The summed E-state index contributed by atoms with van der Waals surface area (Å²) in [6, 6.07) is 9.75. The van der Waals surface area contributed by atoms with Gasteiger partial charge in [-0.1, -0.05) is 48.6 Å². The monoisotopic (exact) mass is 302 g/mol. The van der Waals surface area contributed by atoms with E-state index in [4.69, 9.17) is 5.11 Å². The fourth-order valence-corrected chi connectivity index (χ4v) is 3.17. The molecule has 0 radical (unpaired) electrons. The summed E-state index contributed by atoms with van der Waals surface area (Å²) in [6.07, 6.45) is 0.778. The van der Waals surface area contributed by atoms with E-state index in [2.05, 4.69) is 15.3 Å². The number of hydrogen-bond donors (Lipinski definition) is 1. The van der Waals surface area contributed by atoms with Crippen LogP contribution in [0.3, 0.4) is 0 Å². The molecule has 108 valence electrons. The smallest absolute Gasteiger partial charge is 0.303 e. The first-order valence-corrected chi connectivity index (χ1v) is 7.43. The number of aliphatic carboxylic acids is 1. The van der Waals surface area contributed by atoms with Gasteiger partial charge in [0.25, 0.3) is 0 Å². The molecule has 0 bridgehead atoms. The molecule has 0 aliphatic rings. The molecule has 1 N–H and O–H groups in total. The summed E-state index contributed by atoms with van der Waals surface area (Å²) < 4.78 is 1.73. The number of carboxylic acid groups (broad SMARTS) is 1. The molecule has 0 fully saturated rings. The van der Waals surface area contributed by atoms with Gasteiger partial charge in [0.15, 0.2) is 5.82 Å². The van der Waals surface area contributed by atoms with Gasteiger partial charge >= 0.3 is 5.97 Å². The van der Waals surface area contributed by atoms with E-state index in [0.29, 0.717) is 12.2 Å². The molecule has 0 saturated carbocycles. The van der Waals surface area contributed by atoms with Crippen molar-refractivity contribution in [2.75, 3.05) is 0 Å². The summed E-state index contributed by atoms with van der Waals surface area (Å²) >= 11 is 1.45. The Hall–Kier alpha value is -2.28. The lowest BCUT2D eigenvalue weighted by Gasteiger charge is -2.04. The van der Waals surface area contributed by atoms with Crippen LogP contribution in [0.2, 0.25) is 0 Å². The highest BCUT2D eigenvalue weighted by atomic mass is 32.1. The largest absolute Gasteiger partial charge is 0.481 e. The minimum atomic E-state index is -0.782. The lowest BCUT2D eigenvalue weighted by molar-refractivity contribution is -0.137. The van der Waals surface area contributed by atoms with E-state index in [9.17, 15) is 4.79 Å². The van der Waals surface area contributed by atoms with Crippen molar-refractivity contribution in [1.29, 1.82) is 0 Å². The molecule has 1 unspecified atom stereocenters. The number of aromatic nitrogens is 4. The average molecular weight is 302 g/mol. The molecule has 0 saturated heterocycles. The van der Waals surface area contributed by atoms with E-state index in [1.54, 1.807) is 4.52 Å². The first-order chi connectivity index (χ1) is 10.1. The second-order valence-electron chi connectivity index (χ2n) is 4.99. The third-order valence-electron chi connectivity index (χ3n) is 3.11. The molecule has 0 spiro atoms. The van der Waals surface area contributed by atoms with Crippen molar-refractivity contribution in [2.45, 2.75) is 19.8 Å². The maximum atomic E-state index is 10.7. The zero-order valence-electron chi connectivity index (χ0n) is 11.4. The van der Waals surface area contributed by atoms with Crippen molar-refractivity contribution in [2.24, 2.45) is 5.92 Å². The Morgan fingerprint density at radius 1 is 1.33 bits per heavy atom. The van der Waals surface area contributed by atoms with E-state index >= 15 is 0 Å². The van der Waals surface area contributed by atoms with Gasteiger partial charge in [0.1, 0.15) is 5.01 Å². The number of nitrogens with zero attached hydrogens (tertiary/aromatic N) is 4.